The second kappa shape index (κ2) is 3.63. The molecule has 3 N–H and O–H groups in total. The molecule has 1 aliphatic rings. The van der Waals surface area contributed by atoms with Crippen molar-refractivity contribution in [2.24, 2.45) is 5.73 Å². The van der Waals surface area contributed by atoms with Crippen LogP contribution in [0.3, 0.4) is 0 Å². The van der Waals surface area contributed by atoms with E-state index in [2.05, 4.69) is 9.97 Å². The van der Waals surface area contributed by atoms with Gasteiger partial charge in [0.05, 0.1) is 17.2 Å². The molecule has 0 amide bonds. The van der Waals surface area contributed by atoms with E-state index in [1.54, 1.807) is 18.6 Å². The van der Waals surface area contributed by atoms with Crippen molar-refractivity contribution in [3.05, 3.63) is 24.3 Å². The third-order valence-electron chi connectivity index (χ3n) is 3.18. The number of nitrogens with two attached hydrogens (primary N) is 1. The molecule has 0 radical (unpaired) electrons. The summed E-state index contributed by atoms with van der Waals surface area (Å²) in [6.07, 6.45) is 7.35. The number of rotatable bonds is 2. The summed E-state index contributed by atoms with van der Waals surface area (Å²) in [4.78, 5) is 8.28. The van der Waals surface area contributed by atoms with Gasteiger partial charge in [0.25, 0.3) is 0 Å². The molecule has 1 aliphatic carbocycles. The van der Waals surface area contributed by atoms with E-state index in [0.717, 1.165) is 25.0 Å². The van der Waals surface area contributed by atoms with Crippen molar-refractivity contribution in [1.82, 2.24) is 9.97 Å². The van der Waals surface area contributed by atoms with Gasteiger partial charge in [0.1, 0.15) is 0 Å². The lowest BCUT2D eigenvalue weighted by molar-refractivity contribution is 0.108. The zero-order valence-electron chi connectivity index (χ0n) is 8.06. The highest BCUT2D eigenvalue weighted by atomic mass is 16.3. The molecule has 4 nitrogen and oxygen atoms in total. The van der Waals surface area contributed by atoms with Gasteiger partial charge in [-0.05, 0) is 19.3 Å². The van der Waals surface area contributed by atoms with E-state index in [9.17, 15) is 5.11 Å². The Bertz CT molecular complexity index is 303. The first-order valence-electron chi connectivity index (χ1n) is 4.94. The Kier molecular flexibility index (Phi) is 2.48. The minimum atomic E-state index is -0.371. The fourth-order valence-electron chi connectivity index (χ4n) is 2.25. The molecule has 4 heteroatoms. The molecule has 1 heterocycles. The van der Waals surface area contributed by atoms with Gasteiger partial charge in [-0.15, -0.1) is 0 Å². The normalized spacial score (nSPS) is 32.0. The predicted octanol–water partition coefficient (Wildman–Crippen LogP) is 0.218. The summed E-state index contributed by atoms with van der Waals surface area (Å²) in [6, 6.07) is 0. The first kappa shape index (κ1) is 9.55. The van der Waals surface area contributed by atoms with E-state index in [4.69, 9.17) is 5.73 Å². The molecule has 76 valence electrons. The summed E-state index contributed by atoms with van der Waals surface area (Å²) in [7, 11) is 0. The SMILES string of the molecule is NCC1(c2cnccn2)CCCC1O. The minimum absolute atomic E-state index is 0.353. The van der Waals surface area contributed by atoms with Crippen molar-refractivity contribution in [2.45, 2.75) is 30.8 Å². The highest BCUT2D eigenvalue weighted by molar-refractivity contribution is 5.19. The summed E-state index contributed by atoms with van der Waals surface area (Å²) < 4.78 is 0. The van der Waals surface area contributed by atoms with Gasteiger partial charge in [-0.1, -0.05) is 0 Å². The molecular formula is C10H15N3O. The van der Waals surface area contributed by atoms with Gasteiger partial charge >= 0.3 is 0 Å². The topological polar surface area (TPSA) is 72.0 Å². The quantitative estimate of drug-likeness (QED) is 0.704. The first-order chi connectivity index (χ1) is 6.79. The molecule has 0 bridgehead atoms. The van der Waals surface area contributed by atoms with Crippen LogP contribution in [-0.2, 0) is 5.41 Å². The Balaban J connectivity index is 2.38. The number of hydrogen-bond acceptors (Lipinski definition) is 4. The van der Waals surface area contributed by atoms with Crippen LogP contribution < -0.4 is 5.73 Å². The van der Waals surface area contributed by atoms with Crippen LogP contribution in [0.2, 0.25) is 0 Å². The third-order valence-corrected chi connectivity index (χ3v) is 3.18. The van der Waals surface area contributed by atoms with E-state index >= 15 is 0 Å². The van der Waals surface area contributed by atoms with Gasteiger partial charge in [0.2, 0.25) is 0 Å². The molecule has 1 aromatic rings. The predicted molar refractivity (Wildman–Crippen MR) is 52.6 cm³/mol. The van der Waals surface area contributed by atoms with Crippen LogP contribution >= 0.6 is 0 Å². The van der Waals surface area contributed by atoms with Crippen molar-refractivity contribution >= 4 is 0 Å². The van der Waals surface area contributed by atoms with Gasteiger partial charge in [0, 0.05) is 25.1 Å². The largest absolute Gasteiger partial charge is 0.392 e. The van der Waals surface area contributed by atoms with E-state index in [1.165, 1.54) is 0 Å². The van der Waals surface area contributed by atoms with Crippen LogP contribution in [-0.4, -0.2) is 27.7 Å². The zero-order chi connectivity index (χ0) is 10.0. The molecule has 1 saturated carbocycles. The summed E-state index contributed by atoms with van der Waals surface area (Å²) in [5.74, 6) is 0. The molecule has 2 unspecified atom stereocenters. The molecule has 2 rings (SSSR count). The van der Waals surface area contributed by atoms with Crippen LogP contribution in [0.5, 0.6) is 0 Å². The molecule has 1 aromatic heterocycles. The standard InChI is InChI=1S/C10H15N3O/c11-7-10(3-1-2-9(10)14)8-6-12-4-5-13-8/h4-6,9,14H,1-3,7,11H2. The van der Waals surface area contributed by atoms with Gasteiger partial charge in [-0.2, -0.15) is 0 Å². The van der Waals surface area contributed by atoms with Crippen LogP contribution in [0.15, 0.2) is 18.6 Å². The highest BCUT2D eigenvalue weighted by Crippen LogP contribution is 2.39. The summed E-state index contributed by atoms with van der Waals surface area (Å²) >= 11 is 0. The molecule has 0 spiro atoms. The maximum atomic E-state index is 9.95. The van der Waals surface area contributed by atoms with Crippen molar-refractivity contribution < 1.29 is 5.11 Å². The van der Waals surface area contributed by atoms with Gasteiger partial charge < -0.3 is 10.8 Å². The smallest absolute Gasteiger partial charge is 0.0686 e. The van der Waals surface area contributed by atoms with Gasteiger partial charge in [-0.3, -0.25) is 9.97 Å². The number of aliphatic hydroxyl groups is 1. The maximum Gasteiger partial charge on any atom is 0.0686 e. The molecule has 0 aliphatic heterocycles. The number of aromatic nitrogens is 2. The summed E-state index contributed by atoms with van der Waals surface area (Å²) in [5, 5.41) is 9.95. The minimum Gasteiger partial charge on any atom is -0.392 e. The Labute approximate surface area is 83.2 Å². The van der Waals surface area contributed by atoms with Crippen LogP contribution in [0, 0.1) is 0 Å². The monoisotopic (exact) mass is 193 g/mol. The molecule has 2 atom stereocenters. The second-order valence-electron chi connectivity index (χ2n) is 3.86. The lowest BCUT2D eigenvalue weighted by atomic mass is 9.81. The number of nitrogens with zero attached hydrogens (tertiary/aromatic N) is 2. The fourth-order valence-corrected chi connectivity index (χ4v) is 2.25. The average molecular weight is 193 g/mol. The van der Waals surface area contributed by atoms with E-state index in [-0.39, 0.29) is 11.5 Å². The van der Waals surface area contributed by atoms with Crippen molar-refractivity contribution in [3.8, 4) is 0 Å². The lowest BCUT2D eigenvalue weighted by Gasteiger charge is -2.30. The van der Waals surface area contributed by atoms with Crippen LogP contribution in [0.25, 0.3) is 0 Å². The van der Waals surface area contributed by atoms with E-state index in [0.29, 0.717) is 6.54 Å². The number of hydrogen-bond donors (Lipinski definition) is 2. The Hall–Kier alpha value is -1.00. The highest BCUT2D eigenvalue weighted by Gasteiger charge is 2.43. The molecular weight excluding hydrogens is 178 g/mol. The van der Waals surface area contributed by atoms with Crippen molar-refractivity contribution in [3.63, 3.8) is 0 Å². The Morgan fingerprint density at radius 3 is 2.93 bits per heavy atom. The Morgan fingerprint density at radius 1 is 1.57 bits per heavy atom. The lowest BCUT2D eigenvalue weighted by Crippen LogP contribution is -2.42. The summed E-state index contributed by atoms with van der Waals surface area (Å²) in [5.41, 5.74) is 6.24. The van der Waals surface area contributed by atoms with Crippen LogP contribution in [0.4, 0.5) is 0 Å². The zero-order valence-corrected chi connectivity index (χ0v) is 8.06. The van der Waals surface area contributed by atoms with E-state index < -0.39 is 0 Å². The summed E-state index contributed by atoms with van der Waals surface area (Å²) in [6.45, 7) is 0.437. The number of aliphatic hydroxyl groups excluding tert-OH is 1. The maximum absolute atomic E-state index is 9.95. The molecule has 1 fully saturated rings. The van der Waals surface area contributed by atoms with Crippen molar-refractivity contribution in [2.75, 3.05) is 6.54 Å². The van der Waals surface area contributed by atoms with Gasteiger partial charge in [0.15, 0.2) is 0 Å². The molecule has 14 heavy (non-hydrogen) atoms. The van der Waals surface area contributed by atoms with Crippen LogP contribution in [0.1, 0.15) is 25.0 Å². The van der Waals surface area contributed by atoms with E-state index in [1.807, 2.05) is 0 Å². The first-order valence-corrected chi connectivity index (χ1v) is 4.94. The Morgan fingerprint density at radius 2 is 2.43 bits per heavy atom. The molecule has 0 aromatic carbocycles. The average Bonchev–Trinajstić information content (AvgIpc) is 2.62. The van der Waals surface area contributed by atoms with Gasteiger partial charge in [-0.25, -0.2) is 0 Å². The fraction of sp³-hybridized carbons (Fsp3) is 0.600. The second-order valence-corrected chi connectivity index (χ2v) is 3.86. The third kappa shape index (κ3) is 1.31. The van der Waals surface area contributed by atoms with Crippen molar-refractivity contribution in [1.29, 1.82) is 0 Å². The molecule has 0 saturated heterocycles.